The highest BCUT2D eigenvalue weighted by atomic mass is 79.9. The lowest BCUT2D eigenvalue weighted by atomic mass is 10.1. The number of carbonyl (C=O) groups excluding carboxylic acids is 1. The van der Waals surface area contributed by atoms with E-state index in [9.17, 15) is 4.79 Å². The minimum atomic E-state index is 0.210. The first-order valence-electron chi connectivity index (χ1n) is 6.89. The average molecular weight is 405 g/mol. The molecule has 0 bridgehead atoms. The van der Waals surface area contributed by atoms with Crippen LogP contribution in [0.15, 0.2) is 28.7 Å². The highest BCUT2D eigenvalue weighted by molar-refractivity contribution is 9.10. The standard InChI is InChI=1S/C15H19Br2NO2/c16-6-9-20-14-4-7-18(8-5-14)15(19)11-12-2-1-3-13(17)10-12/h1-3,10,14H,4-9,11H2. The fourth-order valence-electron chi connectivity index (χ4n) is 2.42. The van der Waals surface area contributed by atoms with Gasteiger partial charge in [-0.2, -0.15) is 0 Å². The first-order chi connectivity index (χ1) is 9.69. The Bertz CT molecular complexity index is 445. The van der Waals surface area contributed by atoms with Gasteiger partial charge in [-0.15, -0.1) is 0 Å². The van der Waals surface area contributed by atoms with Crippen molar-refractivity contribution in [2.75, 3.05) is 25.0 Å². The van der Waals surface area contributed by atoms with Gasteiger partial charge in [0.1, 0.15) is 0 Å². The molecule has 0 radical (unpaired) electrons. The summed E-state index contributed by atoms with van der Waals surface area (Å²) in [5.74, 6) is 0.210. The smallest absolute Gasteiger partial charge is 0.226 e. The van der Waals surface area contributed by atoms with E-state index in [1.807, 2.05) is 29.2 Å². The third-order valence-electron chi connectivity index (χ3n) is 3.47. The van der Waals surface area contributed by atoms with E-state index in [-0.39, 0.29) is 5.91 Å². The summed E-state index contributed by atoms with van der Waals surface area (Å²) in [6.07, 6.45) is 2.67. The predicted octanol–water partition coefficient (Wildman–Crippen LogP) is 3.39. The van der Waals surface area contributed by atoms with E-state index < -0.39 is 0 Å². The van der Waals surface area contributed by atoms with Crippen molar-refractivity contribution < 1.29 is 9.53 Å². The number of halogens is 2. The molecule has 3 nitrogen and oxygen atoms in total. The van der Waals surface area contributed by atoms with Crippen molar-refractivity contribution in [3.63, 3.8) is 0 Å². The number of rotatable bonds is 5. The number of alkyl halides is 1. The molecular formula is C15H19Br2NO2. The molecule has 0 atom stereocenters. The van der Waals surface area contributed by atoms with Crippen LogP contribution in [-0.4, -0.2) is 41.9 Å². The first-order valence-corrected chi connectivity index (χ1v) is 8.80. The second-order valence-electron chi connectivity index (χ2n) is 4.95. The Morgan fingerprint density at radius 3 is 2.75 bits per heavy atom. The molecular weight excluding hydrogens is 386 g/mol. The molecule has 1 aliphatic rings. The van der Waals surface area contributed by atoms with Gasteiger partial charge in [-0.1, -0.05) is 44.0 Å². The number of carbonyl (C=O) groups is 1. The van der Waals surface area contributed by atoms with Crippen LogP contribution in [0.25, 0.3) is 0 Å². The molecule has 1 amide bonds. The topological polar surface area (TPSA) is 29.5 Å². The van der Waals surface area contributed by atoms with Crippen LogP contribution in [0.2, 0.25) is 0 Å². The monoisotopic (exact) mass is 403 g/mol. The molecule has 2 rings (SSSR count). The van der Waals surface area contributed by atoms with Gasteiger partial charge in [0.25, 0.3) is 0 Å². The van der Waals surface area contributed by atoms with Crippen molar-refractivity contribution in [2.45, 2.75) is 25.4 Å². The zero-order valence-corrected chi connectivity index (χ0v) is 14.5. The number of likely N-dealkylation sites (tertiary alicyclic amines) is 1. The van der Waals surface area contributed by atoms with Gasteiger partial charge < -0.3 is 9.64 Å². The minimum Gasteiger partial charge on any atom is -0.377 e. The highest BCUT2D eigenvalue weighted by Gasteiger charge is 2.23. The predicted molar refractivity (Wildman–Crippen MR) is 87.2 cm³/mol. The van der Waals surface area contributed by atoms with E-state index >= 15 is 0 Å². The molecule has 1 heterocycles. The Labute approximate surface area is 136 Å². The van der Waals surface area contributed by atoms with Crippen LogP contribution >= 0.6 is 31.9 Å². The van der Waals surface area contributed by atoms with Crippen molar-refractivity contribution in [2.24, 2.45) is 0 Å². The maximum absolute atomic E-state index is 12.3. The van der Waals surface area contributed by atoms with Gasteiger partial charge in [0.15, 0.2) is 0 Å². The summed E-state index contributed by atoms with van der Waals surface area (Å²) < 4.78 is 6.72. The van der Waals surface area contributed by atoms with E-state index in [2.05, 4.69) is 31.9 Å². The van der Waals surface area contributed by atoms with Crippen molar-refractivity contribution in [3.8, 4) is 0 Å². The molecule has 0 aromatic heterocycles. The normalized spacial score (nSPS) is 16.4. The van der Waals surface area contributed by atoms with E-state index in [0.717, 1.165) is 47.9 Å². The minimum absolute atomic E-state index is 0.210. The molecule has 20 heavy (non-hydrogen) atoms. The van der Waals surface area contributed by atoms with Gasteiger partial charge >= 0.3 is 0 Å². The van der Waals surface area contributed by atoms with Gasteiger partial charge in [0, 0.05) is 22.9 Å². The summed E-state index contributed by atoms with van der Waals surface area (Å²) in [6.45, 7) is 2.36. The highest BCUT2D eigenvalue weighted by Crippen LogP contribution is 2.17. The number of piperidine rings is 1. The van der Waals surface area contributed by atoms with Crippen LogP contribution in [0.4, 0.5) is 0 Å². The first kappa shape index (κ1) is 16.0. The van der Waals surface area contributed by atoms with E-state index in [1.54, 1.807) is 0 Å². The summed E-state index contributed by atoms with van der Waals surface area (Å²) in [7, 11) is 0. The Morgan fingerprint density at radius 2 is 2.10 bits per heavy atom. The fourth-order valence-corrected chi connectivity index (χ4v) is 3.05. The number of amides is 1. The summed E-state index contributed by atoms with van der Waals surface area (Å²) in [5, 5.41) is 0.870. The lowest BCUT2D eigenvalue weighted by Crippen LogP contribution is -2.41. The summed E-state index contributed by atoms with van der Waals surface area (Å²) >= 11 is 6.80. The largest absolute Gasteiger partial charge is 0.377 e. The molecule has 0 aliphatic carbocycles. The number of ether oxygens (including phenoxy) is 1. The van der Waals surface area contributed by atoms with E-state index in [1.165, 1.54) is 0 Å². The molecule has 0 saturated carbocycles. The zero-order valence-electron chi connectivity index (χ0n) is 11.4. The lowest BCUT2D eigenvalue weighted by molar-refractivity contribution is -0.133. The van der Waals surface area contributed by atoms with Crippen LogP contribution in [0.1, 0.15) is 18.4 Å². The van der Waals surface area contributed by atoms with Crippen molar-refractivity contribution in [1.29, 1.82) is 0 Å². The molecule has 1 aliphatic heterocycles. The zero-order chi connectivity index (χ0) is 14.4. The Kier molecular flexibility index (Phi) is 6.52. The molecule has 1 fully saturated rings. The SMILES string of the molecule is O=C(Cc1cccc(Br)c1)N1CCC(OCCBr)CC1. The van der Waals surface area contributed by atoms with Crippen molar-refractivity contribution in [1.82, 2.24) is 4.90 Å². The summed E-state index contributed by atoms with van der Waals surface area (Å²) in [5.41, 5.74) is 1.06. The molecule has 110 valence electrons. The van der Waals surface area contributed by atoms with Crippen LogP contribution in [0.3, 0.4) is 0 Å². The Hall–Kier alpha value is -0.390. The Balaban J connectivity index is 1.80. The summed E-state index contributed by atoms with van der Waals surface area (Å²) in [4.78, 5) is 14.2. The molecule has 5 heteroatoms. The number of benzene rings is 1. The van der Waals surface area contributed by atoms with Gasteiger partial charge in [0.05, 0.1) is 19.1 Å². The van der Waals surface area contributed by atoms with Crippen LogP contribution < -0.4 is 0 Å². The van der Waals surface area contributed by atoms with Gasteiger partial charge in [-0.05, 0) is 30.5 Å². The van der Waals surface area contributed by atoms with Crippen LogP contribution in [0.5, 0.6) is 0 Å². The molecule has 1 aromatic carbocycles. The lowest BCUT2D eigenvalue weighted by Gasteiger charge is -2.32. The molecule has 0 N–H and O–H groups in total. The van der Waals surface area contributed by atoms with Crippen molar-refractivity contribution in [3.05, 3.63) is 34.3 Å². The van der Waals surface area contributed by atoms with Crippen LogP contribution in [0, 0.1) is 0 Å². The van der Waals surface area contributed by atoms with Crippen molar-refractivity contribution >= 4 is 37.8 Å². The Morgan fingerprint density at radius 1 is 1.35 bits per heavy atom. The second-order valence-corrected chi connectivity index (χ2v) is 6.66. The van der Waals surface area contributed by atoms with Gasteiger partial charge in [-0.25, -0.2) is 0 Å². The molecule has 0 spiro atoms. The fraction of sp³-hybridized carbons (Fsp3) is 0.533. The summed E-state index contributed by atoms with van der Waals surface area (Å²) in [6, 6.07) is 7.94. The van der Waals surface area contributed by atoms with E-state index in [0.29, 0.717) is 12.5 Å². The third-order valence-corrected chi connectivity index (χ3v) is 4.29. The number of hydrogen-bond donors (Lipinski definition) is 0. The van der Waals surface area contributed by atoms with E-state index in [4.69, 9.17) is 4.74 Å². The molecule has 1 aromatic rings. The van der Waals surface area contributed by atoms with Gasteiger partial charge in [0.2, 0.25) is 5.91 Å². The maximum Gasteiger partial charge on any atom is 0.226 e. The average Bonchev–Trinajstić information content (AvgIpc) is 2.45. The number of hydrogen-bond acceptors (Lipinski definition) is 2. The molecule has 1 saturated heterocycles. The number of nitrogens with zero attached hydrogens (tertiary/aromatic N) is 1. The third kappa shape index (κ3) is 4.86. The van der Waals surface area contributed by atoms with Gasteiger partial charge in [-0.3, -0.25) is 4.79 Å². The molecule has 0 unspecified atom stereocenters. The second kappa shape index (κ2) is 8.15. The maximum atomic E-state index is 12.3. The quantitative estimate of drug-likeness (QED) is 0.704. The van der Waals surface area contributed by atoms with Crippen LogP contribution in [-0.2, 0) is 16.0 Å².